The summed E-state index contributed by atoms with van der Waals surface area (Å²) >= 11 is 0. The first-order valence-corrected chi connectivity index (χ1v) is 8.98. The molecule has 4 aromatic rings. The smallest absolute Gasteiger partial charge is 0.274 e. The number of aryl methyl sites for hydroxylation is 1. The predicted octanol–water partition coefficient (Wildman–Crippen LogP) is 2.42. The molecule has 1 N–H and O–H groups in total. The summed E-state index contributed by atoms with van der Waals surface area (Å²) in [5.74, 6) is -0.226. The first-order valence-electron chi connectivity index (χ1n) is 8.98. The maximum Gasteiger partial charge on any atom is 0.274 e. The molecular weight excluding hydrogens is 356 g/mol. The van der Waals surface area contributed by atoms with Crippen LogP contribution in [0, 0.1) is 0 Å². The van der Waals surface area contributed by atoms with E-state index in [0.717, 1.165) is 16.7 Å². The number of nitrogens with one attached hydrogen (secondary N) is 1. The fourth-order valence-electron chi connectivity index (χ4n) is 2.91. The van der Waals surface area contributed by atoms with Crippen molar-refractivity contribution in [2.75, 3.05) is 5.32 Å². The Morgan fingerprint density at radius 3 is 2.75 bits per heavy atom. The van der Waals surface area contributed by atoms with Gasteiger partial charge in [0.25, 0.3) is 5.91 Å². The minimum Gasteiger partial charge on any atom is -0.318 e. The van der Waals surface area contributed by atoms with E-state index in [1.165, 1.54) is 0 Å². The SMILES string of the molecule is Cn1nc(C(C)(C)C)cc1C(=O)Nc1cnn(Cn2nnc3ccccc32)c1. The van der Waals surface area contributed by atoms with E-state index in [1.807, 2.05) is 30.3 Å². The first kappa shape index (κ1) is 17.9. The Morgan fingerprint density at radius 1 is 1.21 bits per heavy atom. The highest BCUT2D eigenvalue weighted by atomic mass is 16.2. The molecule has 0 aliphatic carbocycles. The van der Waals surface area contributed by atoms with E-state index in [-0.39, 0.29) is 11.3 Å². The summed E-state index contributed by atoms with van der Waals surface area (Å²) < 4.78 is 5.05. The monoisotopic (exact) mass is 378 g/mol. The standard InChI is InChI=1S/C19H22N8O/c1-19(2,3)17-9-16(25(4)23-17)18(28)21-13-10-20-26(11-13)12-27-15-8-6-5-7-14(15)22-24-27/h5-11H,12H2,1-4H3,(H,21,28). The largest absolute Gasteiger partial charge is 0.318 e. The number of hydrogen-bond donors (Lipinski definition) is 1. The molecule has 0 saturated heterocycles. The Morgan fingerprint density at radius 2 is 2.00 bits per heavy atom. The number of benzene rings is 1. The summed E-state index contributed by atoms with van der Waals surface area (Å²) in [6.07, 6.45) is 3.37. The van der Waals surface area contributed by atoms with Crippen LogP contribution in [0.1, 0.15) is 37.0 Å². The van der Waals surface area contributed by atoms with E-state index >= 15 is 0 Å². The number of amides is 1. The van der Waals surface area contributed by atoms with Gasteiger partial charge >= 0.3 is 0 Å². The molecule has 3 aromatic heterocycles. The molecule has 1 amide bonds. The molecule has 0 unspecified atom stereocenters. The molecule has 3 heterocycles. The van der Waals surface area contributed by atoms with Gasteiger partial charge in [0.2, 0.25) is 0 Å². The van der Waals surface area contributed by atoms with E-state index < -0.39 is 0 Å². The van der Waals surface area contributed by atoms with Crippen LogP contribution in [0.15, 0.2) is 42.7 Å². The summed E-state index contributed by atoms with van der Waals surface area (Å²) in [5, 5.41) is 19.9. The molecule has 0 saturated carbocycles. The molecule has 1 aromatic carbocycles. The third-order valence-corrected chi connectivity index (χ3v) is 4.47. The molecule has 0 bridgehead atoms. The lowest BCUT2D eigenvalue weighted by molar-refractivity contribution is 0.101. The van der Waals surface area contributed by atoms with Crippen molar-refractivity contribution in [1.82, 2.24) is 34.6 Å². The summed E-state index contributed by atoms with van der Waals surface area (Å²) in [7, 11) is 1.77. The minimum atomic E-state index is -0.226. The lowest BCUT2D eigenvalue weighted by Gasteiger charge is -2.13. The maximum atomic E-state index is 12.6. The van der Waals surface area contributed by atoms with E-state index in [1.54, 1.807) is 33.5 Å². The highest BCUT2D eigenvalue weighted by molar-refractivity contribution is 6.03. The van der Waals surface area contributed by atoms with Crippen molar-refractivity contribution < 1.29 is 4.79 Å². The quantitative estimate of drug-likeness (QED) is 0.588. The number of carbonyl (C=O) groups is 1. The van der Waals surface area contributed by atoms with Gasteiger partial charge in [-0.1, -0.05) is 38.1 Å². The second-order valence-electron chi connectivity index (χ2n) is 7.73. The molecule has 0 aliphatic heterocycles. The third kappa shape index (κ3) is 3.38. The molecule has 0 spiro atoms. The van der Waals surface area contributed by atoms with Gasteiger partial charge in [0.05, 0.1) is 29.3 Å². The molecule has 0 atom stereocenters. The van der Waals surface area contributed by atoms with Gasteiger partial charge in [-0.15, -0.1) is 5.10 Å². The van der Waals surface area contributed by atoms with Crippen LogP contribution < -0.4 is 5.32 Å². The van der Waals surface area contributed by atoms with Crippen LogP contribution in [-0.4, -0.2) is 40.5 Å². The molecule has 144 valence electrons. The van der Waals surface area contributed by atoms with Crippen LogP contribution in [-0.2, 0) is 19.1 Å². The van der Waals surface area contributed by atoms with Gasteiger partial charge in [0.1, 0.15) is 17.9 Å². The van der Waals surface area contributed by atoms with E-state index in [2.05, 4.69) is 46.6 Å². The topological polar surface area (TPSA) is 95.5 Å². The van der Waals surface area contributed by atoms with Gasteiger partial charge in [-0.2, -0.15) is 10.2 Å². The van der Waals surface area contributed by atoms with Gasteiger partial charge in [-0.25, -0.2) is 9.36 Å². The zero-order chi connectivity index (χ0) is 19.9. The van der Waals surface area contributed by atoms with Crippen molar-refractivity contribution in [3.63, 3.8) is 0 Å². The van der Waals surface area contributed by atoms with Gasteiger partial charge < -0.3 is 5.32 Å². The number of nitrogens with zero attached hydrogens (tertiary/aromatic N) is 7. The summed E-state index contributed by atoms with van der Waals surface area (Å²) in [4.78, 5) is 12.6. The van der Waals surface area contributed by atoms with E-state index in [0.29, 0.717) is 18.1 Å². The van der Waals surface area contributed by atoms with Gasteiger partial charge in [-0.3, -0.25) is 9.48 Å². The first-order chi connectivity index (χ1) is 13.3. The van der Waals surface area contributed by atoms with Gasteiger partial charge in [-0.05, 0) is 18.2 Å². The van der Waals surface area contributed by atoms with E-state index in [9.17, 15) is 4.79 Å². The van der Waals surface area contributed by atoms with Gasteiger partial charge in [0.15, 0.2) is 0 Å². The second-order valence-corrected chi connectivity index (χ2v) is 7.73. The summed E-state index contributed by atoms with van der Waals surface area (Å²) in [6.45, 7) is 6.59. The Balaban J connectivity index is 1.49. The van der Waals surface area contributed by atoms with Crippen molar-refractivity contribution in [1.29, 1.82) is 0 Å². The zero-order valence-electron chi connectivity index (χ0n) is 16.3. The summed E-state index contributed by atoms with van der Waals surface area (Å²) in [5.41, 5.74) is 3.60. The Labute approximate surface area is 162 Å². The lowest BCUT2D eigenvalue weighted by Crippen LogP contribution is -2.15. The Bertz CT molecular complexity index is 1140. The van der Waals surface area contributed by atoms with Crippen molar-refractivity contribution in [2.24, 2.45) is 7.05 Å². The predicted molar refractivity (Wildman–Crippen MR) is 105 cm³/mol. The Kier molecular flexibility index (Phi) is 4.21. The number of anilines is 1. The summed E-state index contributed by atoms with van der Waals surface area (Å²) in [6, 6.07) is 9.55. The van der Waals surface area contributed by atoms with Gasteiger partial charge in [0, 0.05) is 12.5 Å². The molecule has 4 rings (SSSR count). The molecule has 9 nitrogen and oxygen atoms in total. The Hall–Kier alpha value is -3.49. The third-order valence-electron chi connectivity index (χ3n) is 4.47. The van der Waals surface area contributed by atoms with Crippen molar-refractivity contribution in [3.05, 3.63) is 54.1 Å². The van der Waals surface area contributed by atoms with Crippen LogP contribution in [0.25, 0.3) is 11.0 Å². The van der Waals surface area contributed by atoms with Crippen LogP contribution >= 0.6 is 0 Å². The fourth-order valence-corrected chi connectivity index (χ4v) is 2.91. The van der Waals surface area contributed by atoms with Crippen molar-refractivity contribution in [3.8, 4) is 0 Å². The van der Waals surface area contributed by atoms with E-state index in [4.69, 9.17) is 0 Å². The fraction of sp³-hybridized carbons (Fsp3) is 0.316. The van der Waals surface area contributed by atoms with Crippen LogP contribution in [0.3, 0.4) is 0 Å². The molecule has 0 aliphatic rings. The molecule has 9 heteroatoms. The maximum absolute atomic E-state index is 12.6. The highest BCUT2D eigenvalue weighted by Gasteiger charge is 2.22. The molecular formula is C19H22N8O. The van der Waals surface area contributed by atoms with Crippen LogP contribution in [0.5, 0.6) is 0 Å². The molecule has 0 radical (unpaired) electrons. The van der Waals surface area contributed by atoms with Crippen molar-refractivity contribution >= 4 is 22.6 Å². The average Bonchev–Trinajstić information content (AvgIpc) is 3.34. The lowest BCUT2D eigenvalue weighted by atomic mass is 9.92. The number of fused-ring (bicyclic) bond motifs is 1. The molecule has 0 fully saturated rings. The van der Waals surface area contributed by atoms with Crippen LogP contribution in [0.2, 0.25) is 0 Å². The number of rotatable bonds is 4. The number of para-hydroxylation sites is 1. The second kappa shape index (κ2) is 6.59. The molecule has 28 heavy (non-hydrogen) atoms. The zero-order valence-corrected chi connectivity index (χ0v) is 16.3. The average molecular weight is 378 g/mol. The van der Waals surface area contributed by atoms with Crippen LogP contribution in [0.4, 0.5) is 5.69 Å². The highest BCUT2D eigenvalue weighted by Crippen LogP contribution is 2.22. The number of carbonyl (C=O) groups excluding carboxylic acids is 1. The van der Waals surface area contributed by atoms with Crippen molar-refractivity contribution in [2.45, 2.75) is 32.9 Å². The minimum absolute atomic E-state index is 0.123. The normalized spacial score (nSPS) is 11.9. The number of hydrogen-bond acceptors (Lipinski definition) is 5. The number of aromatic nitrogens is 7.